The minimum Gasteiger partial charge on any atom is -0.399 e. The molecule has 0 aromatic heterocycles. The van der Waals surface area contributed by atoms with Crippen LogP contribution in [0, 0.1) is 17.6 Å². The molecule has 2 aromatic carbocycles. The predicted molar refractivity (Wildman–Crippen MR) is 120 cm³/mol. The topological polar surface area (TPSA) is 47.6 Å². The highest BCUT2D eigenvalue weighted by Gasteiger charge is 2.55. The highest BCUT2D eigenvalue weighted by Crippen LogP contribution is 2.53. The summed E-state index contributed by atoms with van der Waals surface area (Å²) in [5, 5.41) is 2.66. The molecule has 7 heteroatoms. The first-order valence-corrected chi connectivity index (χ1v) is 11.3. The maximum Gasteiger partial charge on any atom is 0.494 e. The van der Waals surface area contributed by atoms with Gasteiger partial charge in [-0.05, 0) is 69.1 Å². The molecule has 1 aliphatic carbocycles. The Hall–Kier alpha value is -2.25. The monoisotopic (exact) mass is 439 g/mol. The SMILES string of the molecule is CC1(C)OB(c2ccc(C3(C4CCCC4)C(=O)Nc4c3ccc(F)c4F)cc2)OC1(C)C. The molecule has 5 rings (SSSR count). The van der Waals surface area contributed by atoms with Crippen LogP contribution in [0.1, 0.15) is 64.5 Å². The summed E-state index contributed by atoms with van der Waals surface area (Å²) in [5.74, 6) is -2.21. The molecule has 2 aliphatic heterocycles. The van der Waals surface area contributed by atoms with E-state index in [-0.39, 0.29) is 17.5 Å². The molecule has 3 aliphatic rings. The van der Waals surface area contributed by atoms with Gasteiger partial charge in [0, 0.05) is 0 Å². The first kappa shape index (κ1) is 21.6. The molecule has 4 nitrogen and oxygen atoms in total. The molecule has 32 heavy (non-hydrogen) atoms. The lowest BCUT2D eigenvalue weighted by molar-refractivity contribution is -0.121. The van der Waals surface area contributed by atoms with Crippen LogP contribution in [0.25, 0.3) is 0 Å². The molecule has 0 spiro atoms. The van der Waals surface area contributed by atoms with Crippen molar-refractivity contribution in [2.45, 2.75) is 70.0 Å². The van der Waals surface area contributed by atoms with E-state index in [1.54, 1.807) is 6.07 Å². The van der Waals surface area contributed by atoms with Gasteiger partial charge in [0.15, 0.2) is 11.6 Å². The molecule has 1 saturated heterocycles. The Labute approximate surface area is 187 Å². The molecular formula is C25H28BF2NO3. The molecule has 0 bridgehead atoms. The van der Waals surface area contributed by atoms with Crippen molar-refractivity contribution in [1.29, 1.82) is 0 Å². The third-order valence-electron chi connectivity index (χ3n) is 7.98. The zero-order chi connectivity index (χ0) is 22.9. The quantitative estimate of drug-likeness (QED) is 0.706. The molecule has 1 unspecified atom stereocenters. The van der Waals surface area contributed by atoms with Gasteiger partial charge in [0.05, 0.1) is 16.9 Å². The van der Waals surface area contributed by atoms with Gasteiger partial charge in [0.2, 0.25) is 5.91 Å². The lowest BCUT2D eigenvalue weighted by Gasteiger charge is -2.34. The largest absolute Gasteiger partial charge is 0.494 e. The van der Waals surface area contributed by atoms with Gasteiger partial charge in [-0.1, -0.05) is 43.2 Å². The molecule has 1 atom stereocenters. The van der Waals surface area contributed by atoms with E-state index in [0.717, 1.165) is 42.8 Å². The number of carbonyl (C=O) groups is 1. The smallest absolute Gasteiger partial charge is 0.399 e. The van der Waals surface area contributed by atoms with Gasteiger partial charge in [-0.15, -0.1) is 0 Å². The number of halogens is 2. The van der Waals surface area contributed by atoms with Crippen molar-refractivity contribution in [1.82, 2.24) is 0 Å². The van der Waals surface area contributed by atoms with Crippen molar-refractivity contribution >= 4 is 24.2 Å². The summed E-state index contributed by atoms with van der Waals surface area (Å²) in [6.07, 6.45) is 3.77. The fraction of sp³-hybridized carbons (Fsp3) is 0.480. The second-order valence-electron chi connectivity index (χ2n) is 10.2. The van der Waals surface area contributed by atoms with E-state index in [9.17, 15) is 13.6 Å². The van der Waals surface area contributed by atoms with Crippen LogP contribution < -0.4 is 10.8 Å². The Morgan fingerprint density at radius 2 is 1.53 bits per heavy atom. The number of hydrogen-bond donors (Lipinski definition) is 1. The zero-order valence-corrected chi connectivity index (χ0v) is 18.9. The Balaban J connectivity index is 1.59. The van der Waals surface area contributed by atoms with Crippen LogP contribution in [0.5, 0.6) is 0 Å². The summed E-state index contributed by atoms with van der Waals surface area (Å²) in [6.45, 7) is 8.02. The highest BCUT2D eigenvalue weighted by atomic mass is 19.2. The van der Waals surface area contributed by atoms with Crippen molar-refractivity contribution in [2.24, 2.45) is 5.92 Å². The average molecular weight is 439 g/mol. The Bertz CT molecular complexity index is 1060. The molecular weight excluding hydrogens is 411 g/mol. The van der Waals surface area contributed by atoms with Gasteiger partial charge < -0.3 is 14.6 Å². The van der Waals surface area contributed by atoms with E-state index >= 15 is 0 Å². The minimum absolute atomic E-state index is 0.0244. The van der Waals surface area contributed by atoms with Crippen molar-refractivity contribution in [2.75, 3.05) is 5.32 Å². The van der Waals surface area contributed by atoms with Crippen LogP contribution in [-0.2, 0) is 19.5 Å². The lowest BCUT2D eigenvalue weighted by atomic mass is 9.65. The van der Waals surface area contributed by atoms with Gasteiger partial charge in [-0.25, -0.2) is 8.78 Å². The second-order valence-corrected chi connectivity index (χ2v) is 10.2. The Kier molecular flexibility index (Phi) is 4.81. The van der Waals surface area contributed by atoms with Crippen LogP contribution in [0.15, 0.2) is 36.4 Å². The van der Waals surface area contributed by atoms with E-state index in [1.165, 1.54) is 0 Å². The summed E-state index contributed by atoms with van der Waals surface area (Å²) >= 11 is 0. The normalized spacial score (nSPS) is 26.4. The standard InChI is InChI=1S/C25H28BF2NO3/c1-23(2)24(3,4)32-26(31-23)17-11-9-16(10-12-17)25(15-7-5-6-8-15)18-13-14-19(27)20(28)21(18)29-22(25)30/h9-15H,5-8H2,1-4H3,(H,29,30). The van der Waals surface area contributed by atoms with Gasteiger partial charge in [-0.3, -0.25) is 4.79 Å². The minimum atomic E-state index is -1.03. The highest BCUT2D eigenvalue weighted by molar-refractivity contribution is 6.62. The van der Waals surface area contributed by atoms with E-state index in [4.69, 9.17) is 9.31 Å². The van der Waals surface area contributed by atoms with E-state index in [1.807, 2.05) is 52.0 Å². The van der Waals surface area contributed by atoms with E-state index < -0.39 is 35.4 Å². The van der Waals surface area contributed by atoms with Crippen molar-refractivity contribution < 1.29 is 22.9 Å². The van der Waals surface area contributed by atoms with Crippen LogP contribution in [-0.4, -0.2) is 24.2 Å². The molecule has 2 heterocycles. The molecule has 1 saturated carbocycles. The first-order valence-electron chi connectivity index (χ1n) is 11.3. The maximum atomic E-state index is 14.6. The second kappa shape index (κ2) is 7.13. The Morgan fingerprint density at radius 3 is 2.12 bits per heavy atom. The van der Waals surface area contributed by atoms with Crippen LogP contribution in [0.3, 0.4) is 0 Å². The summed E-state index contributed by atoms with van der Waals surface area (Å²) in [6, 6.07) is 10.3. The maximum absolute atomic E-state index is 14.6. The van der Waals surface area contributed by atoms with Crippen LogP contribution in [0.4, 0.5) is 14.5 Å². The number of fused-ring (bicyclic) bond motifs is 1. The number of hydrogen-bond acceptors (Lipinski definition) is 3. The summed E-state index contributed by atoms with van der Waals surface area (Å²) in [5.41, 5.74) is 0.202. The van der Waals surface area contributed by atoms with Crippen molar-refractivity contribution in [3.63, 3.8) is 0 Å². The number of benzene rings is 2. The van der Waals surface area contributed by atoms with E-state index in [0.29, 0.717) is 5.56 Å². The van der Waals surface area contributed by atoms with Crippen LogP contribution in [0.2, 0.25) is 0 Å². The molecule has 1 N–H and O–H groups in total. The number of anilines is 1. The van der Waals surface area contributed by atoms with E-state index in [2.05, 4.69) is 5.32 Å². The zero-order valence-electron chi connectivity index (χ0n) is 18.9. The van der Waals surface area contributed by atoms with Crippen LogP contribution >= 0.6 is 0 Å². The Morgan fingerprint density at radius 1 is 0.938 bits per heavy atom. The number of rotatable bonds is 3. The average Bonchev–Trinajstić information content (AvgIpc) is 3.41. The summed E-state index contributed by atoms with van der Waals surface area (Å²) in [4.78, 5) is 13.5. The van der Waals surface area contributed by atoms with Gasteiger partial charge in [0.25, 0.3) is 0 Å². The number of carbonyl (C=O) groups excluding carboxylic acids is 1. The number of amides is 1. The molecule has 2 aromatic rings. The summed E-state index contributed by atoms with van der Waals surface area (Å²) in [7, 11) is -0.507. The molecule has 2 fully saturated rings. The van der Waals surface area contributed by atoms with Gasteiger partial charge in [0.1, 0.15) is 5.41 Å². The third kappa shape index (κ3) is 2.90. The molecule has 168 valence electrons. The molecule has 1 amide bonds. The summed E-state index contributed by atoms with van der Waals surface area (Å²) < 4.78 is 40.9. The first-order chi connectivity index (χ1) is 15.1. The van der Waals surface area contributed by atoms with Crippen molar-refractivity contribution in [3.8, 4) is 0 Å². The molecule has 0 radical (unpaired) electrons. The predicted octanol–water partition coefficient (Wildman–Crippen LogP) is 4.69. The lowest BCUT2D eigenvalue weighted by Crippen LogP contribution is -2.42. The fourth-order valence-corrected chi connectivity index (χ4v) is 5.50. The number of nitrogens with one attached hydrogen (secondary N) is 1. The van der Waals surface area contributed by atoms with Crippen molar-refractivity contribution in [3.05, 3.63) is 59.2 Å². The third-order valence-corrected chi connectivity index (χ3v) is 7.98. The fourth-order valence-electron chi connectivity index (χ4n) is 5.50. The van der Waals surface area contributed by atoms with Gasteiger partial charge >= 0.3 is 7.12 Å². The van der Waals surface area contributed by atoms with Gasteiger partial charge in [-0.2, -0.15) is 0 Å².